The topological polar surface area (TPSA) is 35.5 Å². The van der Waals surface area contributed by atoms with E-state index in [9.17, 15) is 4.57 Å². The maximum Gasteiger partial charge on any atom is 0.339 e. The van der Waals surface area contributed by atoms with Gasteiger partial charge in [-0.15, -0.1) is 0 Å². The molecule has 3 nitrogen and oxygen atoms in total. The van der Waals surface area contributed by atoms with E-state index in [0.717, 1.165) is 5.66 Å². The third-order valence-corrected chi connectivity index (χ3v) is 5.38. The van der Waals surface area contributed by atoms with Gasteiger partial charge in [0.2, 0.25) is 0 Å². The van der Waals surface area contributed by atoms with Gasteiger partial charge in [-0.3, -0.25) is 4.57 Å². The highest BCUT2D eigenvalue weighted by molar-refractivity contribution is 7.57. The van der Waals surface area contributed by atoms with Crippen molar-refractivity contribution in [3.8, 4) is 0 Å². The second kappa shape index (κ2) is 5.86. The smallest absolute Gasteiger partial charge is 0.308 e. The van der Waals surface area contributed by atoms with Gasteiger partial charge in [0.1, 0.15) is 5.66 Å². The molecular weight excluding hydrogens is 235 g/mol. The van der Waals surface area contributed by atoms with Crippen LogP contribution in [0.4, 0.5) is 0 Å². The van der Waals surface area contributed by atoms with E-state index in [2.05, 4.69) is 41.5 Å². The quantitative estimate of drug-likeness (QED) is 0.663. The molecule has 4 heteroatoms. The molecule has 0 spiro atoms. The molecule has 103 valence electrons. The first-order valence-electron chi connectivity index (χ1n) is 6.26. The summed E-state index contributed by atoms with van der Waals surface area (Å²) >= 11 is 0. The molecule has 0 aromatic carbocycles. The van der Waals surface area contributed by atoms with Gasteiger partial charge in [-0.25, -0.2) is 0 Å². The molecule has 0 aliphatic heterocycles. The first-order valence-corrected chi connectivity index (χ1v) is 7.81. The van der Waals surface area contributed by atoms with E-state index in [4.69, 9.17) is 9.05 Å². The molecule has 1 radical (unpaired) electrons. The van der Waals surface area contributed by atoms with Gasteiger partial charge in [0.15, 0.2) is 0 Å². The second-order valence-corrected chi connectivity index (χ2v) is 8.14. The molecule has 0 unspecified atom stereocenters. The summed E-state index contributed by atoms with van der Waals surface area (Å²) in [5, 5.41) is 0. The normalized spacial score (nSPS) is 14.4. The Morgan fingerprint density at radius 2 is 1.18 bits per heavy atom. The van der Waals surface area contributed by atoms with E-state index in [1.54, 1.807) is 0 Å². The molecule has 0 aliphatic rings. The molecule has 0 aromatic rings. The fraction of sp³-hybridized carbons (Fsp3) is 0.923. The van der Waals surface area contributed by atoms with Crippen molar-refractivity contribution >= 4 is 7.60 Å². The van der Waals surface area contributed by atoms with E-state index in [-0.39, 0.29) is 10.8 Å². The largest absolute Gasteiger partial charge is 0.339 e. The van der Waals surface area contributed by atoms with Crippen molar-refractivity contribution in [1.82, 2.24) is 0 Å². The molecule has 0 aromatic heterocycles. The van der Waals surface area contributed by atoms with Gasteiger partial charge in [-0.2, -0.15) is 0 Å². The van der Waals surface area contributed by atoms with Crippen LogP contribution in [0.5, 0.6) is 0 Å². The van der Waals surface area contributed by atoms with Crippen LogP contribution in [-0.4, -0.2) is 13.2 Å². The van der Waals surface area contributed by atoms with Crippen LogP contribution in [0.1, 0.15) is 55.4 Å². The van der Waals surface area contributed by atoms with Gasteiger partial charge >= 0.3 is 7.60 Å². The SMILES string of the molecule is CCOP(=O)(OCC)[C](C(C)(C)C)C(C)(C)C. The lowest BCUT2D eigenvalue weighted by molar-refractivity contribution is 0.190. The zero-order chi connectivity index (χ0) is 13.9. The van der Waals surface area contributed by atoms with Crippen LogP contribution in [0.15, 0.2) is 0 Å². The lowest BCUT2D eigenvalue weighted by Crippen LogP contribution is -2.31. The van der Waals surface area contributed by atoms with Crippen LogP contribution in [0.3, 0.4) is 0 Å². The molecule has 0 saturated carbocycles. The van der Waals surface area contributed by atoms with Gasteiger partial charge in [0.25, 0.3) is 0 Å². The molecule has 17 heavy (non-hydrogen) atoms. The Kier molecular flexibility index (Phi) is 5.91. The van der Waals surface area contributed by atoms with Crippen molar-refractivity contribution in [2.24, 2.45) is 10.8 Å². The Labute approximate surface area is 107 Å². The third-order valence-electron chi connectivity index (χ3n) is 2.29. The zero-order valence-corrected chi connectivity index (χ0v) is 13.5. The lowest BCUT2D eigenvalue weighted by atomic mass is 9.77. The van der Waals surface area contributed by atoms with Crippen molar-refractivity contribution in [2.45, 2.75) is 55.4 Å². The molecule has 0 amide bonds. The Morgan fingerprint density at radius 1 is 0.882 bits per heavy atom. The van der Waals surface area contributed by atoms with Crippen LogP contribution >= 0.6 is 7.60 Å². The molecule has 0 bridgehead atoms. The number of rotatable bonds is 5. The maximum absolute atomic E-state index is 12.9. The van der Waals surface area contributed by atoms with Gasteiger partial charge < -0.3 is 9.05 Å². The molecule has 0 rings (SSSR count). The average Bonchev–Trinajstić information content (AvgIpc) is 1.97. The summed E-state index contributed by atoms with van der Waals surface area (Å²) < 4.78 is 23.9. The van der Waals surface area contributed by atoms with Crippen molar-refractivity contribution in [2.75, 3.05) is 13.2 Å². The van der Waals surface area contributed by atoms with Crippen LogP contribution in [-0.2, 0) is 13.6 Å². The first kappa shape index (κ1) is 17.2. The van der Waals surface area contributed by atoms with E-state index < -0.39 is 7.60 Å². The highest BCUT2D eigenvalue weighted by Gasteiger charge is 2.50. The fourth-order valence-electron chi connectivity index (χ4n) is 2.45. The van der Waals surface area contributed by atoms with Gasteiger partial charge in [0.05, 0.1) is 13.2 Å². The maximum atomic E-state index is 12.9. The van der Waals surface area contributed by atoms with Crippen molar-refractivity contribution in [1.29, 1.82) is 0 Å². The van der Waals surface area contributed by atoms with Crippen molar-refractivity contribution in [3.63, 3.8) is 0 Å². The van der Waals surface area contributed by atoms with Crippen LogP contribution in [0, 0.1) is 16.5 Å². The molecule has 0 N–H and O–H groups in total. The summed E-state index contributed by atoms with van der Waals surface area (Å²) in [6.45, 7) is 16.8. The predicted octanol–water partition coefficient (Wildman–Crippen LogP) is 4.88. The average molecular weight is 263 g/mol. The first-order chi connectivity index (χ1) is 7.49. The van der Waals surface area contributed by atoms with Crippen LogP contribution in [0.25, 0.3) is 0 Å². The molecular formula is C13H28O3P. The van der Waals surface area contributed by atoms with E-state index in [0.29, 0.717) is 13.2 Å². The fourth-order valence-corrected chi connectivity index (χ4v) is 5.11. The number of hydrogen-bond donors (Lipinski definition) is 0. The van der Waals surface area contributed by atoms with E-state index in [1.165, 1.54) is 0 Å². The predicted molar refractivity (Wildman–Crippen MR) is 73.0 cm³/mol. The number of hydrogen-bond acceptors (Lipinski definition) is 3. The second-order valence-electron chi connectivity index (χ2n) is 6.18. The Balaban J connectivity index is 5.47. The molecule has 0 aliphatic carbocycles. The molecule has 0 atom stereocenters. The Hall–Kier alpha value is 0.150. The van der Waals surface area contributed by atoms with Crippen molar-refractivity contribution in [3.05, 3.63) is 5.66 Å². The van der Waals surface area contributed by atoms with Crippen LogP contribution < -0.4 is 0 Å². The summed E-state index contributed by atoms with van der Waals surface area (Å²) in [6, 6.07) is 0. The van der Waals surface area contributed by atoms with Gasteiger partial charge in [-0.1, -0.05) is 41.5 Å². The summed E-state index contributed by atoms with van der Waals surface area (Å²) in [5.41, 5.74) is 0.442. The van der Waals surface area contributed by atoms with E-state index >= 15 is 0 Å². The van der Waals surface area contributed by atoms with Gasteiger partial charge in [0, 0.05) is 0 Å². The monoisotopic (exact) mass is 263 g/mol. The van der Waals surface area contributed by atoms with Crippen LogP contribution in [0.2, 0.25) is 0 Å². The highest BCUT2D eigenvalue weighted by atomic mass is 31.2. The minimum atomic E-state index is -3.16. The minimum absolute atomic E-state index is 0.210. The Bertz CT molecular complexity index is 249. The summed E-state index contributed by atoms with van der Waals surface area (Å²) in [4.78, 5) is 0. The summed E-state index contributed by atoms with van der Waals surface area (Å²) in [5.74, 6) is 0. The summed E-state index contributed by atoms with van der Waals surface area (Å²) in [7, 11) is -3.16. The minimum Gasteiger partial charge on any atom is -0.308 e. The zero-order valence-electron chi connectivity index (χ0n) is 12.6. The lowest BCUT2D eigenvalue weighted by Gasteiger charge is -2.42. The standard InChI is InChI=1S/C13H28O3P/c1-9-15-17(14,16-10-2)11(12(3,4)5)13(6,7)8/h9-10H2,1-8H3. The summed E-state index contributed by atoms with van der Waals surface area (Å²) in [6.07, 6.45) is 0. The molecule has 0 heterocycles. The molecule has 0 saturated heterocycles. The Morgan fingerprint density at radius 3 is 1.35 bits per heavy atom. The van der Waals surface area contributed by atoms with Crippen molar-refractivity contribution < 1.29 is 13.6 Å². The van der Waals surface area contributed by atoms with E-state index in [1.807, 2.05) is 13.8 Å². The highest BCUT2D eigenvalue weighted by Crippen LogP contribution is 2.69. The van der Waals surface area contributed by atoms with Gasteiger partial charge in [-0.05, 0) is 24.7 Å². The molecule has 0 fully saturated rings. The third kappa shape index (κ3) is 4.73.